The Kier molecular flexibility index (Phi) is 6.34. The van der Waals surface area contributed by atoms with E-state index in [0.717, 1.165) is 4.90 Å². The number of aromatic hydroxyl groups is 1. The lowest BCUT2D eigenvalue weighted by Crippen LogP contribution is -2.60. The van der Waals surface area contributed by atoms with Gasteiger partial charge in [0.2, 0.25) is 11.8 Å². The van der Waals surface area contributed by atoms with Crippen molar-refractivity contribution in [1.82, 2.24) is 4.90 Å². The van der Waals surface area contributed by atoms with Crippen molar-refractivity contribution >= 4 is 90.8 Å². The molecule has 3 aromatic carbocycles. The lowest BCUT2D eigenvalue weighted by Gasteiger charge is -2.51. The predicted octanol–water partition coefficient (Wildman–Crippen LogP) is 6.11. The van der Waals surface area contributed by atoms with E-state index in [4.69, 9.17) is 34.8 Å². The second-order valence-electron chi connectivity index (χ2n) is 11.2. The smallest absolute Gasteiger partial charge is 0.254 e. The molecule has 1 saturated carbocycles. The van der Waals surface area contributed by atoms with Gasteiger partial charge in [0.15, 0.2) is 9.75 Å². The van der Waals surface area contributed by atoms with E-state index in [9.17, 15) is 24.3 Å². The zero-order valence-corrected chi connectivity index (χ0v) is 25.6. The van der Waals surface area contributed by atoms with Crippen LogP contribution in [0.15, 0.2) is 72.3 Å². The topological polar surface area (TPSA) is 95.0 Å². The van der Waals surface area contributed by atoms with Crippen LogP contribution in [0.5, 0.6) is 5.75 Å². The maximum atomic E-state index is 14.1. The molecule has 11 heteroatoms. The van der Waals surface area contributed by atoms with Crippen molar-refractivity contribution in [3.63, 3.8) is 0 Å². The van der Waals surface area contributed by atoms with Crippen LogP contribution >= 0.6 is 50.7 Å². The number of alkyl halides is 3. The van der Waals surface area contributed by atoms with Gasteiger partial charge in [0.1, 0.15) is 5.75 Å². The Bertz CT molecular complexity index is 1760. The molecule has 2 heterocycles. The summed E-state index contributed by atoms with van der Waals surface area (Å²) in [6.07, 6.45) is 2.05. The van der Waals surface area contributed by atoms with Crippen molar-refractivity contribution in [2.75, 3.05) is 10.4 Å². The zero-order valence-electron chi connectivity index (χ0n) is 21.8. The molecule has 214 valence electrons. The van der Waals surface area contributed by atoms with E-state index in [1.54, 1.807) is 48.5 Å². The van der Waals surface area contributed by atoms with Crippen molar-refractivity contribution in [1.29, 1.82) is 0 Å². The van der Waals surface area contributed by atoms with Crippen molar-refractivity contribution in [2.24, 2.45) is 17.8 Å². The van der Waals surface area contributed by atoms with E-state index in [-0.39, 0.29) is 30.0 Å². The van der Waals surface area contributed by atoms with Gasteiger partial charge in [-0.25, -0.2) is 0 Å². The second-order valence-corrected chi connectivity index (χ2v) is 13.4. The number of allylic oxidation sites excluding steroid dienone is 2. The summed E-state index contributed by atoms with van der Waals surface area (Å²) in [5.74, 6) is -5.01. The second kappa shape index (κ2) is 9.55. The predicted molar refractivity (Wildman–Crippen MR) is 163 cm³/mol. The molecule has 4 amide bonds. The number of halogens is 4. The Balaban J connectivity index is 1.44. The largest absolute Gasteiger partial charge is 0.507 e. The van der Waals surface area contributed by atoms with E-state index < -0.39 is 51.1 Å². The number of likely N-dealkylation sites (tertiary alicyclic amines) is 1. The summed E-state index contributed by atoms with van der Waals surface area (Å²) in [7, 11) is 0. The molecule has 1 N–H and O–H groups in total. The minimum absolute atomic E-state index is 0.0474. The average Bonchev–Trinajstić information content (AvgIpc) is 3.32. The molecule has 6 atom stereocenters. The normalized spacial score (nSPS) is 32.2. The number of phenolic OH excluding ortho intramolecular Hbond substituents is 1. The van der Waals surface area contributed by atoms with Gasteiger partial charge in [-0.3, -0.25) is 29.0 Å². The molecule has 3 fully saturated rings. The Morgan fingerprint density at radius 1 is 0.881 bits per heavy atom. The molecule has 0 bridgehead atoms. The molecular weight excluding hydrogens is 667 g/mol. The number of phenols is 1. The zero-order chi connectivity index (χ0) is 29.7. The number of carbonyl (C=O) groups excluding carboxylic acids is 4. The lowest BCUT2D eigenvalue weighted by molar-refractivity contribution is -0.138. The molecule has 2 aliphatic carbocycles. The van der Waals surface area contributed by atoms with Crippen molar-refractivity contribution in [3.8, 4) is 5.75 Å². The molecule has 2 saturated heterocycles. The number of hydrogen-bond acceptors (Lipinski definition) is 5. The molecule has 7 nitrogen and oxygen atoms in total. The van der Waals surface area contributed by atoms with Crippen molar-refractivity contribution in [2.45, 2.75) is 28.5 Å². The molecule has 2 aliphatic heterocycles. The average molecular weight is 689 g/mol. The van der Waals surface area contributed by atoms with Gasteiger partial charge in [-0.2, -0.15) is 0 Å². The minimum atomic E-state index is -1.92. The van der Waals surface area contributed by atoms with Gasteiger partial charge in [-0.15, -0.1) is 23.2 Å². The minimum Gasteiger partial charge on any atom is -0.507 e. The number of anilines is 1. The number of rotatable bonds is 3. The fourth-order valence-corrected chi connectivity index (χ4v) is 9.04. The highest BCUT2D eigenvalue weighted by Crippen LogP contribution is 2.66. The van der Waals surface area contributed by atoms with Crippen LogP contribution < -0.4 is 4.90 Å². The van der Waals surface area contributed by atoms with Gasteiger partial charge >= 0.3 is 0 Å². The summed E-state index contributed by atoms with van der Waals surface area (Å²) < 4.78 is 0. The van der Waals surface area contributed by atoms with E-state index in [1.807, 2.05) is 12.1 Å². The van der Waals surface area contributed by atoms with Crippen molar-refractivity contribution in [3.05, 3.63) is 82.9 Å². The van der Waals surface area contributed by atoms with Crippen LogP contribution in [0.25, 0.3) is 10.8 Å². The van der Waals surface area contributed by atoms with E-state index >= 15 is 0 Å². The SMILES string of the molecule is O=C1[C@H]2[C@H](CC=C3[C@H]2C[C@@]2(Cl)C(=O)N(CBr)C(=O)[C@@]2(Cl)[C@H]3c2ccc(O)c3ccccc23)C(=O)N1c1ccc(Cl)cc1. The third-order valence-electron chi connectivity index (χ3n) is 9.35. The van der Waals surface area contributed by atoms with Gasteiger partial charge in [-0.1, -0.05) is 69.5 Å². The van der Waals surface area contributed by atoms with Crippen LogP contribution in [0.1, 0.15) is 24.3 Å². The highest BCUT2D eigenvalue weighted by atomic mass is 79.9. The quantitative estimate of drug-likeness (QED) is 0.155. The first-order valence-corrected chi connectivity index (χ1v) is 15.6. The number of hydrogen-bond donors (Lipinski definition) is 1. The molecule has 0 spiro atoms. The summed E-state index contributed by atoms with van der Waals surface area (Å²) >= 11 is 24.0. The van der Waals surface area contributed by atoms with Crippen LogP contribution in [0.4, 0.5) is 5.69 Å². The van der Waals surface area contributed by atoms with Gasteiger partial charge in [0.25, 0.3) is 11.8 Å². The molecule has 0 unspecified atom stereocenters. The van der Waals surface area contributed by atoms with Crippen LogP contribution in [0.2, 0.25) is 5.02 Å². The highest BCUT2D eigenvalue weighted by molar-refractivity contribution is 9.09. The summed E-state index contributed by atoms with van der Waals surface area (Å²) in [5, 5.41) is 12.3. The molecule has 0 aromatic heterocycles. The van der Waals surface area contributed by atoms with Crippen LogP contribution in [0, 0.1) is 17.8 Å². The Labute approximate surface area is 264 Å². The Hall–Kier alpha value is -2.91. The first-order valence-electron chi connectivity index (χ1n) is 13.4. The summed E-state index contributed by atoms with van der Waals surface area (Å²) in [5.41, 5.74) is 1.60. The fraction of sp³-hybridized carbons (Fsp3) is 0.290. The third-order valence-corrected chi connectivity index (χ3v) is 11.5. The molecule has 3 aromatic rings. The monoisotopic (exact) mass is 686 g/mol. The number of benzene rings is 3. The lowest BCUT2D eigenvalue weighted by atomic mass is 9.56. The molecule has 4 aliphatic rings. The Morgan fingerprint density at radius 2 is 1.57 bits per heavy atom. The maximum absolute atomic E-state index is 14.1. The van der Waals surface area contributed by atoms with E-state index in [1.165, 1.54) is 11.0 Å². The van der Waals surface area contributed by atoms with Crippen LogP contribution in [0.3, 0.4) is 0 Å². The maximum Gasteiger partial charge on any atom is 0.254 e. The van der Waals surface area contributed by atoms with Gasteiger partial charge < -0.3 is 5.11 Å². The van der Waals surface area contributed by atoms with Crippen LogP contribution in [-0.2, 0) is 19.2 Å². The molecule has 7 rings (SSSR count). The third kappa shape index (κ3) is 3.46. The van der Waals surface area contributed by atoms with Gasteiger partial charge in [0, 0.05) is 16.3 Å². The van der Waals surface area contributed by atoms with Crippen LogP contribution in [-0.4, -0.2) is 48.8 Å². The highest BCUT2D eigenvalue weighted by Gasteiger charge is 2.76. The fourth-order valence-electron chi connectivity index (χ4n) is 7.50. The number of carbonyl (C=O) groups is 4. The van der Waals surface area contributed by atoms with Crippen molar-refractivity contribution < 1.29 is 24.3 Å². The molecular formula is C31H22BrCl3N2O5. The van der Waals surface area contributed by atoms with Gasteiger partial charge in [-0.05, 0) is 60.0 Å². The van der Waals surface area contributed by atoms with E-state index in [0.29, 0.717) is 32.6 Å². The standard InChI is InChI=1S/C31H22BrCl3N2O5/c32-14-36-28(41)30(34)13-22-20(9-10-21-24(22)27(40)37(26(21)39)16-7-5-15(33)6-8-16)25(31(30,35)29(36)42)19-11-12-23(38)18-4-2-1-3-17(18)19/h1-9,11-12,21-22,24-25,38H,10,13-14H2/t21-,22+,24-,25-,30+,31-/m0/s1. The number of imide groups is 2. The Morgan fingerprint density at radius 3 is 2.26 bits per heavy atom. The number of nitrogens with zero attached hydrogens (tertiary/aromatic N) is 2. The molecule has 0 radical (unpaired) electrons. The summed E-state index contributed by atoms with van der Waals surface area (Å²) in [6.45, 7) is 0. The number of fused-ring (bicyclic) bond motifs is 5. The first kappa shape index (κ1) is 27.9. The van der Waals surface area contributed by atoms with E-state index in [2.05, 4.69) is 15.9 Å². The summed E-state index contributed by atoms with van der Waals surface area (Å²) in [4.78, 5) is 54.0. The number of amides is 4. The first-order chi connectivity index (χ1) is 20.0. The van der Waals surface area contributed by atoms with Gasteiger partial charge in [0.05, 0.1) is 23.0 Å². The molecule has 42 heavy (non-hydrogen) atoms. The summed E-state index contributed by atoms with van der Waals surface area (Å²) in [6, 6.07) is 16.8.